The molecule has 0 aliphatic heterocycles. The second kappa shape index (κ2) is 4.64. The molecule has 19 heavy (non-hydrogen) atoms. The Bertz CT molecular complexity index is 782. The largest absolute Gasteiger partial charge is 0.477 e. The van der Waals surface area contributed by atoms with E-state index in [-0.39, 0.29) is 5.69 Å². The summed E-state index contributed by atoms with van der Waals surface area (Å²) >= 11 is 7.66. The van der Waals surface area contributed by atoms with Crippen LogP contribution in [0.4, 0.5) is 0 Å². The van der Waals surface area contributed by atoms with E-state index < -0.39 is 5.97 Å². The van der Waals surface area contributed by atoms with E-state index in [2.05, 4.69) is 4.98 Å². The molecule has 0 atom stereocenters. The van der Waals surface area contributed by atoms with E-state index in [1.165, 1.54) is 11.3 Å². The van der Waals surface area contributed by atoms with E-state index in [0.29, 0.717) is 10.7 Å². The van der Waals surface area contributed by atoms with Crippen LogP contribution in [0.5, 0.6) is 0 Å². The highest BCUT2D eigenvalue weighted by molar-refractivity contribution is 7.17. The summed E-state index contributed by atoms with van der Waals surface area (Å²) < 4.78 is 0.891. The van der Waals surface area contributed by atoms with Gasteiger partial charge in [0.1, 0.15) is 5.69 Å². The first kappa shape index (κ1) is 12.1. The molecule has 2 heterocycles. The van der Waals surface area contributed by atoms with Crippen molar-refractivity contribution in [1.82, 2.24) is 4.98 Å². The first-order valence-corrected chi connectivity index (χ1v) is 6.79. The van der Waals surface area contributed by atoms with Gasteiger partial charge < -0.3 is 5.11 Å². The van der Waals surface area contributed by atoms with Gasteiger partial charge in [0.05, 0.1) is 5.69 Å². The van der Waals surface area contributed by atoms with Gasteiger partial charge >= 0.3 is 5.97 Å². The van der Waals surface area contributed by atoms with Gasteiger partial charge in [-0.2, -0.15) is 0 Å². The van der Waals surface area contributed by atoms with E-state index in [0.717, 1.165) is 15.6 Å². The molecule has 0 aliphatic rings. The number of carbonyl (C=O) groups is 1. The predicted octanol–water partition coefficient (Wildman–Crippen LogP) is 4.31. The van der Waals surface area contributed by atoms with Crippen LogP contribution in [-0.4, -0.2) is 16.1 Å². The van der Waals surface area contributed by atoms with Crippen molar-refractivity contribution in [3.05, 3.63) is 52.5 Å². The molecule has 0 bridgehead atoms. The van der Waals surface area contributed by atoms with Crippen LogP contribution in [0.15, 0.2) is 41.8 Å². The summed E-state index contributed by atoms with van der Waals surface area (Å²) in [5, 5.41) is 12.5. The lowest BCUT2D eigenvalue weighted by Crippen LogP contribution is -2.01. The summed E-state index contributed by atoms with van der Waals surface area (Å²) in [6, 6.07) is 10.8. The quantitative estimate of drug-likeness (QED) is 0.764. The van der Waals surface area contributed by atoms with Crippen LogP contribution in [0.2, 0.25) is 5.02 Å². The molecule has 0 saturated carbocycles. The summed E-state index contributed by atoms with van der Waals surface area (Å²) in [4.78, 5) is 15.4. The number of aromatic nitrogens is 1. The lowest BCUT2D eigenvalue weighted by Gasteiger charge is -2.06. The number of benzene rings is 1. The van der Waals surface area contributed by atoms with Crippen molar-refractivity contribution >= 4 is 39.0 Å². The van der Waals surface area contributed by atoms with Gasteiger partial charge in [-0.15, -0.1) is 11.3 Å². The molecule has 3 rings (SSSR count). The van der Waals surface area contributed by atoms with E-state index in [1.54, 1.807) is 12.1 Å². The van der Waals surface area contributed by atoms with Gasteiger partial charge in [-0.3, -0.25) is 0 Å². The SMILES string of the molecule is O=C(O)c1cc2sccc2c(-c2ccccc2Cl)n1. The number of thiophene rings is 1. The molecule has 0 aliphatic carbocycles. The Morgan fingerprint density at radius 3 is 2.79 bits per heavy atom. The average Bonchev–Trinajstić information content (AvgIpc) is 2.86. The molecule has 0 radical (unpaired) electrons. The lowest BCUT2D eigenvalue weighted by atomic mass is 10.1. The maximum Gasteiger partial charge on any atom is 0.354 e. The van der Waals surface area contributed by atoms with Crippen molar-refractivity contribution in [3.8, 4) is 11.3 Å². The Labute approximate surface area is 118 Å². The van der Waals surface area contributed by atoms with Gasteiger partial charge in [-0.05, 0) is 23.6 Å². The summed E-state index contributed by atoms with van der Waals surface area (Å²) in [6.45, 7) is 0. The number of halogens is 1. The number of hydrogen-bond donors (Lipinski definition) is 1. The highest BCUT2D eigenvalue weighted by atomic mass is 35.5. The van der Waals surface area contributed by atoms with Crippen molar-refractivity contribution in [2.24, 2.45) is 0 Å². The molecule has 1 N–H and O–H groups in total. The fraction of sp³-hybridized carbons (Fsp3) is 0. The highest BCUT2D eigenvalue weighted by Gasteiger charge is 2.14. The van der Waals surface area contributed by atoms with Crippen molar-refractivity contribution in [2.45, 2.75) is 0 Å². The van der Waals surface area contributed by atoms with Crippen LogP contribution >= 0.6 is 22.9 Å². The second-order valence-electron chi connectivity index (χ2n) is 3.97. The molecule has 3 nitrogen and oxygen atoms in total. The number of fused-ring (bicyclic) bond motifs is 1. The minimum atomic E-state index is -1.04. The zero-order chi connectivity index (χ0) is 13.4. The number of pyridine rings is 1. The van der Waals surface area contributed by atoms with Crippen LogP contribution in [0.1, 0.15) is 10.5 Å². The minimum Gasteiger partial charge on any atom is -0.477 e. The summed E-state index contributed by atoms with van der Waals surface area (Å²) in [5.41, 5.74) is 1.39. The fourth-order valence-corrected chi connectivity index (χ4v) is 2.98. The second-order valence-corrected chi connectivity index (χ2v) is 5.33. The van der Waals surface area contributed by atoms with Gasteiger partial charge in [0.2, 0.25) is 0 Å². The standard InChI is InChI=1S/C14H8ClNO2S/c15-10-4-2-1-3-8(10)13-9-5-6-19-12(9)7-11(16-13)14(17)18/h1-7H,(H,17,18). The number of aromatic carboxylic acids is 1. The first-order chi connectivity index (χ1) is 9.16. The van der Waals surface area contributed by atoms with E-state index in [1.807, 2.05) is 29.6 Å². The Balaban J connectivity index is 2.36. The Morgan fingerprint density at radius 1 is 1.26 bits per heavy atom. The summed E-state index contributed by atoms with van der Waals surface area (Å²) in [7, 11) is 0. The van der Waals surface area contributed by atoms with Crippen LogP contribution in [-0.2, 0) is 0 Å². The molecule has 5 heteroatoms. The van der Waals surface area contributed by atoms with E-state index in [4.69, 9.17) is 16.7 Å². The normalized spacial score (nSPS) is 10.8. The number of nitrogens with zero attached hydrogens (tertiary/aromatic N) is 1. The van der Waals surface area contributed by atoms with Gasteiger partial charge in [0.15, 0.2) is 0 Å². The fourth-order valence-electron chi connectivity index (χ4n) is 1.93. The van der Waals surface area contributed by atoms with Crippen LogP contribution in [0.25, 0.3) is 21.3 Å². The molecule has 0 saturated heterocycles. The van der Waals surface area contributed by atoms with Crippen LogP contribution in [0, 0.1) is 0 Å². The maximum atomic E-state index is 11.1. The van der Waals surface area contributed by atoms with Gasteiger partial charge in [0, 0.05) is 20.7 Å². The van der Waals surface area contributed by atoms with Crippen molar-refractivity contribution in [1.29, 1.82) is 0 Å². The first-order valence-electron chi connectivity index (χ1n) is 5.53. The highest BCUT2D eigenvalue weighted by Crippen LogP contribution is 2.34. The van der Waals surface area contributed by atoms with Gasteiger partial charge in [-0.25, -0.2) is 9.78 Å². The van der Waals surface area contributed by atoms with Crippen LogP contribution in [0.3, 0.4) is 0 Å². The molecule has 2 aromatic heterocycles. The molecule has 0 amide bonds. The van der Waals surface area contributed by atoms with Crippen LogP contribution < -0.4 is 0 Å². The molecular formula is C14H8ClNO2S. The van der Waals surface area contributed by atoms with E-state index >= 15 is 0 Å². The van der Waals surface area contributed by atoms with Crippen molar-refractivity contribution < 1.29 is 9.90 Å². The van der Waals surface area contributed by atoms with Gasteiger partial charge in [0.25, 0.3) is 0 Å². The molecule has 94 valence electrons. The molecule has 1 aromatic carbocycles. The number of hydrogen-bond acceptors (Lipinski definition) is 3. The molecule has 0 unspecified atom stereocenters. The zero-order valence-corrected chi connectivity index (χ0v) is 11.2. The number of carboxylic acids is 1. The third kappa shape index (κ3) is 2.09. The summed E-state index contributed by atoms with van der Waals surface area (Å²) in [6.07, 6.45) is 0. The molecular weight excluding hydrogens is 282 g/mol. The zero-order valence-electron chi connectivity index (χ0n) is 9.63. The maximum absolute atomic E-state index is 11.1. The Morgan fingerprint density at radius 2 is 2.05 bits per heavy atom. The number of rotatable bonds is 2. The monoisotopic (exact) mass is 289 g/mol. The Kier molecular flexibility index (Phi) is 2.97. The smallest absolute Gasteiger partial charge is 0.354 e. The topological polar surface area (TPSA) is 50.2 Å². The van der Waals surface area contributed by atoms with E-state index in [9.17, 15) is 4.79 Å². The average molecular weight is 290 g/mol. The molecule has 3 aromatic rings. The third-order valence-corrected chi connectivity index (χ3v) is 3.99. The van der Waals surface area contributed by atoms with Crippen molar-refractivity contribution in [2.75, 3.05) is 0 Å². The molecule has 0 spiro atoms. The number of carboxylic acid groups (broad SMARTS) is 1. The van der Waals surface area contributed by atoms with Gasteiger partial charge in [-0.1, -0.05) is 29.8 Å². The third-order valence-electron chi connectivity index (χ3n) is 2.80. The van der Waals surface area contributed by atoms with Crippen molar-refractivity contribution in [3.63, 3.8) is 0 Å². The predicted molar refractivity (Wildman–Crippen MR) is 77.0 cm³/mol. The summed E-state index contributed by atoms with van der Waals surface area (Å²) in [5.74, 6) is -1.04. The minimum absolute atomic E-state index is 0.0323. The Hall–Kier alpha value is -1.91. The molecule has 0 fully saturated rings. The lowest BCUT2D eigenvalue weighted by molar-refractivity contribution is 0.0691.